The van der Waals surface area contributed by atoms with Crippen molar-refractivity contribution in [3.05, 3.63) is 22.0 Å². The summed E-state index contributed by atoms with van der Waals surface area (Å²) in [4.78, 5) is 11.9. The number of aromatic nitrogens is 1. The van der Waals surface area contributed by atoms with Crippen LogP contribution in [0, 0.1) is 6.92 Å². The zero-order valence-electron chi connectivity index (χ0n) is 11.4. The van der Waals surface area contributed by atoms with Gasteiger partial charge < -0.3 is 9.30 Å². The first-order chi connectivity index (χ1) is 8.52. The second-order valence-electron chi connectivity index (χ2n) is 5.06. The van der Waals surface area contributed by atoms with Crippen molar-refractivity contribution in [1.29, 1.82) is 0 Å². The van der Waals surface area contributed by atoms with E-state index in [1.165, 1.54) is 20.0 Å². The van der Waals surface area contributed by atoms with Gasteiger partial charge in [0.25, 0.3) is 0 Å². The summed E-state index contributed by atoms with van der Waals surface area (Å²) in [7, 11) is 1.40. The third kappa shape index (κ3) is 2.05. The summed E-state index contributed by atoms with van der Waals surface area (Å²) in [5.74, 6) is 0.0247. The van der Waals surface area contributed by atoms with Crippen molar-refractivity contribution in [2.24, 2.45) is 0 Å². The monoisotopic (exact) mass is 269 g/mol. The molecule has 0 spiro atoms. The van der Waals surface area contributed by atoms with E-state index in [0.29, 0.717) is 22.5 Å². The molecule has 1 saturated carbocycles. The van der Waals surface area contributed by atoms with Gasteiger partial charge in [0, 0.05) is 17.4 Å². The fraction of sp³-hybridized carbons (Fsp3) is 0.643. The fourth-order valence-electron chi connectivity index (χ4n) is 2.48. The summed E-state index contributed by atoms with van der Waals surface area (Å²) < 4.78 is 7.10. The maximum absolute atomic E-state index is 11.9. The molecule has 0 N–H and O–H groups in total. The number of nitrogens with zero attached hydrogens (tertiary/aromatic N) is 1. The van der Waals surface area contributed by atoms with E-state index < -0.39 is 0 Å². The van der Waals surface area contributed by atoms with Crippen LogP contribution in [0.1, 0.15) is 66.8 Å². The van der Waals surface area contributed by atoms with Crippen LogP contribution < -0.4 is 0 Å². The lowest BCUT2D eigenvalue weighted by Gasteiger charge is -2.15. The van der Waals surface area contributed by atoms with Crippen LogP contribution in [0.5, 0.6) is 0 Å². The minimum absolute atomic E-state index is 0.332. The summed E-state index contributed by atoms with van der Waals surface area (Å²) in [6.07, 6.45) is 3.36. The van der Waals surface area contributed by atoms with Gasteiger partial charge in [0.1, 0.15) is 0 Å². The smallest absolute Gasteiger partial charge is 0.341 e. The van der Waals surface area contributed by atoms with Crippen molar-refractivity contribution < 1.29 is 9.53 Å². The normalized spacial score (nSPS) is 16.7. The van der Waals surface area contributed by atoms with Crippen LogP contribution in [0.3, 0.4) is 0 Å². The Morgan fingerprint density at radius 3 is 2.61 bits per heavy atom. The van der Waals surface area contributed by atoms with Crippen LogP contribution in [0.2, 0.25) is 5.02 Å². The molecule has 0 bridgehead atoms. The maximum atomic E-state index is 11.9. The highest BCUT2D eigenvalue weighted by Crippen LogP contribution is 2.44. The van der Waals surface area contributed by atoms with Gasteiger partial charge in [0.15, 0.2) is 0 Å². The molecule has 1 aromatic rings. The van der Waals surface area contributed by atoms with Crippen LogP contribution in [-0.2, 0) is 4.74 Å². The van der Waals surface area contributed by atoms with E-state index in [-0.39, 0.29) is 5.97 Å². The van der Waals surface area contributed by atoms with Crippen LogP contribution >= 0.6 is 11.6 Å². The molecule has 0 saturated heterocycles. The molecule has 0 aliphatic heterocycles. The molecule has 1 aromatic heterocycles. The van der Waals surface area contributed by atoms with Gasteiger partial charge in [0.2, 0.25) is 0 Å². The fourth-order valence-corrected chi connectivity index (χ4v) is 2.97. The molecule has 1 unspecified atom stereocenters. The summed E-state index contributed by atoms with van der Waals surface area (Å²) in [6, 6.07) is 0.518. The van der Waals surface area contributed by atoms with Gasteiger partial charge in [-0.3, -0.25) is 0 Å². The average molecular weight is 270 g/mol. The number of carbonyl (C=O) groups excluding carboxylic acids is 1. The van der Waals surface area contributed by atoms with E-state index >= 15 is 0 Å². The van der Waals surface area contributed by atoms with Crippen molar-refractivity contribution in [2.75, 3.05) is 7.11 Å². The third-order valence-corrected chi connectivity index (χ3v) is 4.19. The number of hydrogen-bond acceptors (Lipinski definition) is 2. The second-order valence-corrected chi connectivity index (χ2v) is 5.44. The SMILES string of the molecule is CCC(C)c1c(Cl)c(C(=O)OC)c(C)n1C1CC1. The molecule has 1 heterocycles. The van der Waals surface area contributed by atoms with E-state index in [4.69, 9.17) is 16.3 Å². The average Bonchev–Trinajstić information content (AvgIpc) is 3.14. The lowest BCUT2D eigenvalue weighted by atomic mass is 10.0. The van der Waals surface area contributed by atoms with Crippen molar-refractivity contribution in [3.63, 3.8) is 0 Å². The van der Waals surface area contributed by atoms with Gasteiger partial charge in [-0.15, -0.1) is 0 Å². The standard InChI is InChI=1S/C14H20ClNO2/c1-5-8(2)13-12(15)11(14(17)18-4)9(3)16(13)10-6-7-10/h8,10H,5-7H2,1-4H3. The predicted molar refractivity (Wildman–Crippen MR) is 72.5 cm³/mol. The first-order valence-electron chi connectivity index (χ1n) is 6.51. The van der Waals surface area contributed by atoms with Gasteiger partial charge >= 0.3 is 5.97 Å². The van der Waals surface area contributed by atoms with Crippen molar-refractivity contribution in [2.45, 2.75) is 52.0 Å². The molecular weight excluding hydrogens is 250 g/mol. The van der Waals surface area contributed by atoms with Crippen molar-refractivity contribution >= 4 is 17.6 Å². The number of carbonyl (C=O) groups is 1. The first kappa shape index (κ1) is 13.5. The highest BCUT2D eigenvalue weighted by Gasteiger charge is 2.34. The number of methoxy groups -OCH3 is 1. The topological polar surface area (TPSA) is 31.2 Å². The molecule has 1 aliphatic carbocycles. The van der Waals surface area contributed by atoms with Gasteiger partial charge in [-0.25, -0.2) is 4.79 Å². The minimum Gasteiger partial charge on any atom is -0.465 e. The van der Waals surface area contributed by atoms with Crippen molar-refractivity contribution in [1.82, 2.24) is 4.57 Å². The highest BCUT2D eigenvalue weighted by atomic mass is 35.5. The lowest BCUT2D eigenvalue weighted by molar-refractivity contribution is 0.0600. The summed E-state index contributed by atoms with van der Waals surface area (Å²) in [5.41, 5.74) is 2.59. The minimum atomic E-state index is -0.332. The van der Waals surface area contributed by atoms with Crippen LogP contribution in [0.25, 0.3) is 0 Å². The number of ether oxygens (including phenoxy) is 1. The Morgan fingerprint density at radius 2 is 2.17 bits per heavy atom. The first-order valence-corrected chi connectivity index (χ1v) is 6.89. The predicted octanol–water partition coefficient (Wildman–Crippen LogP) is 4.08. The Kier molecular flexibility index (Phi) is 3.71. The summed E-state index contributed by atoms with van der Waals surface area (Å²) in [6.45, 7) is 6.25. The van der Waals surface area contributed by atoms with E-state index in [1.807, 2.05) is 6.92 Å². The number of halogens is 1. The van der Waals surface area contributed by atoms with Gasteiger partial charge in [-0.05, 0) is 32.1 Å². The van der Waals surface area contributed by atoms with Crippen LogP contribution in [0.15, 0.2) is 0 Å². The largest absolute Gasteiger partial charge is 0.465 e. The molecule has 0 radical (unpaired) electrons. The zero-order chi connectivity index (χ0) is 13.4. The molecule has 2 rings (SSSR count). The number of esters is 1. The van der Waals surface area contributed by atoms with Gasteiger partial charge in [-0.2, -0.15) is 0 Å². The van der Waals surface area contributed by atoms with Gasteiger partial charge in [-0.1, -0.05) is 25.4 Å². The Bertz CT molecular complexity index is 475. The molecule has 1 atom stereocenters. The summed E-state index contributed by atoms with van der Waals surface area (Å²) >= 11 is 6.43. The van der Waals surface area contributed by atoms with Gasteiger partial charge in [0.05, 0.1) is 17.7 Å². The maximum Gasteiger partial charge on any atom is 0.341 e. The molecule has 3 nitrogen and oxygen atoms in total. The molecule has 100 valence electrons. The van der Waals surface area contributed by atoms with E-state index in [1.54, 1.807) is 0 Å². The Morgan fingerprint density at radius 1 is 1.56 bits per heavy atom. The third-order valence-electron chi connectivity index (χ3n) is 3.81. The molecule has 4 heteroatoms. The Labute approximate surface area is 113 Å². The highest BCUT2D eigenvalue weighted by molar-refractivity contribution is 6.34. The Balaban J connectivity index is 2.60. The molecule has 0 amide bonds. The Hall–Kier alpha value is -0.960. The molecule has 1 fully saturated rings. The summed E-state index contributed by atoms with van der Waals surface area (Å²) in [5, 5.41) is 0.584. The molecule has 18 heavy (non-hydrogen) atoms. The second kappa shape index (κ2) is 4.96. The van der Waals surface area contributed by atoms with Crippen molar-refractivity contribution in [3.8, 4) is 0 Å². The van der Waals surface area contributed by atoms with E-state index in [2.05, 4.69) is 18.4 Å². The number of rotatable bonds is 4. The molecule has 1 aliphatic rings. The molecule has 0 aromatic carbocycles. The van der Waals surface area contributed by atoms with Crippen LogP contribution in [-0.4, -0.2) is 17.6 Å². The number of hydrogen-bond donors (Lipinski definition) is 0. The zero-order valence-corrected chi connectivity index (χ0v) is 12.2. The lowest BCUT2D eigenvalue weighted by Crippen LogP contribution is -2.06. The quantitative estimate of drug-likeness (QED) is 0.771. The molecular formula is C14H20ClNO2. The van der Waals surface area contributed by atoms with Crippen LogP contribution in [0.4, 0.5) is 0 Å². The van der Waals surface area contributed by atoms with E-state index in [9.17, 15) is 4.79 Å². The van der Waals surface area contributed by atoms with E-state index in [0.717, 1.165) is 17.8 Å².